The first-order chi connectivity index (χ1) is 8.90. The van der Waals surface area contributed by atoms with Crippen molar-refractivity contribution >= 4 is 17.3 Å². The Morgan fingerprint density at radius 3 is 2.68 bits per heavy atom. The highest BCUT2D eigenvalue weighted by atomic mass is 19.1. The second kappa shape index (κ2) is 4.83. The number of anilines is 1. The van der Waals surface area contributed by atoms with Gasteiger partial charge in [0.25, 0.3) is 5.69 Å². The lowest BCUT2D eigenvalue weighted by atomic mass is 10.1. The maximum atomic E-state index is 13.7. The van der Waals surface area contributed by atoms with Gasteiger partial charge in [-0.3, -0.25) is 10.1 Å². The quantitative estimate of drug-likeness (QED) is 0.632. The Morgan fingerprint density at radius 2 is 2.21 bits per heavy atom. The van der Waals surface area contributed by atoms with Gasteiger partial charge in [-0.2, -0.15) is 0 Å². The van der Waals surface area contributed by atoms with Crippen LogP contribution in [0.2, 0.25) is 0 Å². The summed E-state index contributed by atoms with van der Waals surface area (Å²) >= 11 is 0. The van der Waals surface area contributed by atoms with Gasteiger partial charge in [0.05, 0.1) is 16.7 Å². The molecule has 0 aliphatic heterocycles. The van der Waals surface area contributed by atoms with Gasteiger partial charge in [-0.25, -0.2) is 9.18 Å². The van der Waals surface area contributed by atoms with Crippen LogP contribution in [0.1, 0.15) is 30.1 Å². The fourth-order valence-electron chi connectivity index (χ4n) is 1.96. The maximum absolute atomic E-state index is 13.7. The molecule has 0 radical (unpaired) electrons. The minimum absolute atomic E-state index is 0.0117. The largest absolute Gasteiger partial charge is 0.477 e. The van der Waals surface area contributed by atoms with Crippen LogP contribution in [0.25, 0.3) is 0 Å². The van der Waals surface area contributed by atoms with Gasteiger partial charge in [-0.05, 0) is 31.7 Å². The molecule has 1 atom stereocenters. The predicted octanol–water partition coefficient (Wildman–Crippen LogP) is 2.64. The van der Waals surface area contributed by atoms with Crippen molar-refractivity contribution in [3.8, 4) is 0 Å². The molecule has 0 amide bonds. The van der Waals surface area contributed by atoms with Crippen LogP contribution in [0, 0.1) is 21.8 Å². The lowest BCUT2D eigenvalue weighted by Crippen LogP contribution is -2.19. The van der Waals surface area contributed by atoms with E-state index in [-0.39, 0.29) is 11.7 Å². The molecule has 1 aromatic rings. The van der Waals surface area contributed by atoms with E-state index in [4.69, 9.17) is 5.11 Å². The lowest BCUT2D eigenvalue weighted by Gasteiger charge is -2.15. The van der Waals surface area contributed by atoms with Crippen LogP contribution < -0.4 is 5.32 Å². The van der Waals surface area contributed by atoms with Gasteiger partial charge in [0.1, 0.15) is 5.56 Å². The molecule has 1 unspecified atom stereocenters. The molecule has 19 heavy (non-hydrogen) atoms. The summed E-state index contributed by atoms with van der Waals surface area (Å²) in [7, 11) is 0. The van der Waals surface area contributed by atoms with Gasteiger partial charge in [0, 0.05) is 6.04 Å². The van der Waals surface area contributed by atoms with Gasteiger partial charge in [-0.1, -0.05) is 0 Å². The van der Waals surface area contributed by atoms with Gasteiger partial charge in [0.15, 0.2) is 5.82 Å². The predicted molar refractivity (Wildman–Crippen MR) is 65.8 cm³/mol. The maximum Gasteiger partial charge on any atom is 0.342 e. The fraction of sp³-hybridized carbons (Fsp3) is 0.417. The van der Waals surface area contributed by atoms with Gasteiger partial charge in [0.2, 0.25) is 0 Å². The number of aromatic carboxylic acids is 1. The Labute approximate surface area is 108 Å². The van der Waals surface area contributed by atoms with Crippen molar-refractivity contribution in [3.63, 3.8) is 0 Å². The molecule has 102 valence electrons. The van der Waals surface area contributed by atoms with E-state index < -0.39 is 28.0 Å². The number of hydrogen-bond acceptors (Lipinski definition) is 4. The van der Waals surface area contributed by atoms with Crippen molar-refractivity contribution in [2.24, 2.45) is 5.92 Å². The lowest BCUT2D eigenvalue weighted by molar-refractivity contribution is -0.385. The first kappa shape index (κ1) is 13.3. The molecule has 0 heterocycles. The van der Waals surface area contributed by atoms with Crippen LogP contribution in [0.15, 0.2) is 12.1 Å². The zero-order valence-corrected chi connectivity index (χ0v) is 10.2. The normalized spacial score (nSPS) is 15.9. The van der Waals surface area contributed by atoms with E-state index in [1.807, 2.05) is 6.92 Å². The number of carbonyl (C=O) groups is 1. The van der Waals surface area contributed by atoms with E-state index in [1.165, 1.54) is 0 Å². The molecule has 0 spiro atoms. The summed E-state index contributed by atoms with van der Waals surface area (Å²) < 4.78 is 13.7. The SMILES string of the molecule is CC(Nc1cc(C(=O)O)c([N+](=O)[O-])cc1F)C1CC1. The van der Waals surface area contributed by atoms with Crippen LogP contribution in [0.3, 0.4) is 0 Å². The first-order valence-electron chi connectivity index (χ1n) is 5.88. The molecule has 1 saturated carbocycles. The molecule has 6 nitrogen and oxygen atoms in total. The third-order valence-corrected chi connectivity index (χ3v) is 3.22. The van der Waals surface area contributed by atoms with E-state index in [1.54, 1.807) is 0 Å². The number of nitrogens with zero attached hydrogens (tertiary/aromatic N) is 1. The third-order valence-electron chi connectivity index (χ3n) is 3.22. The second-order valence-corrected chi connectivity index (χ2v) is 4.68. The molecule has 1 aromatic carbocycles. The number of nitro groups is 1. The Hall–Kier alpha value is -2.18. The monoisotopic (exact) mass is 268 g/mol. The Bertz CT molecular complexity index is 543. The van der Waals surface area contributed by atoms with E-state index in [2.05, 4.69) is 5.32 Å². The summed E-state index contributed by atoms with van der Waals surface area (Å²) in [6, 6.07) is 1.64. The molecular weight excluding hydrogens is 255 g/mol. The van der Waals surface area contributed by atoms with Crippen molar-refractivity contribution in [2.75, 3.05) is 5.32 Å². The van der Waals surface area contributed by atoms with E-state index in [0.717, 1.165) is 18.9 Å². The van der Waals surface area contributed by atoms with E-state index >= 15 is 0 Å². The first-order valence-corrected chi connectivity index (χ1v) is 5.88. The molecule has 7 heteroatoms. The van der Waals surface area contributed by atoms with Crippen LogP contribution >= 0.6 is 0 Å². The highest BCUT2D eigenvalue weighted by molar-refractivity contribution is 5.93. The van der Waals surface area contributed by atoms with Crippen molar-refractivity contribution in [3.05, 3.63) is 33.6 Å². The van der Waals surface area contributed by atoms with Crippen LogP contribution in [0.5, 0.6) is 0 Å². The van der Waals surface area contributed by atoms with Crippen LogP contribution in [-0.2, 0) is 0 Å². The number of nitro benzene ring substituents is 1. The molecule has 1 fully saturated rings. The summed E-state index contributed by atoms with van der Waals surface area (Å²) in [6.07, 6.45) is 2.10. The fourth-order valence-corrected chi connectivity index (χ4v) is 1.96. The number of halogens is 1. The Balaban J connectivity index is 2.36. The van der Waals surface area contributed by atoms with E-state index in [9.17, 15) is 19.3 Å². The van der Waals surface area contributed by atoms with Crippen LogP contribution in [0.4, 0.5) is 15.8 Å². The van der Waals surface area contributed by atoms with Crippen molar-refractivity contribution in [2.45, 2.75) is 25.8 Å². The minimum Gasteiger partial charge on any atom is -0.477 e. The smallest absolute Gasteiger partial charge is 0.342 e. The van der Waals surface area contributed by atoms with Gasteiger partial charge >= 0.3 is 5.97 Å². The summed E-state index contributed by atoms with van der Waals surface area (Å²) in [4.78, 5) is 20.8. The molecule has 1 aliphatic rings. The Kier molecular flexibility index (Phi) is 3.37. The minimum atomic E-state index is -1.45. The summed E-state index contributed by atoms with van der Waals surface area (Å²) in [5.41, 5.74) is -1.27. The van der Waals surface area contributed by atoms with Crippen molar-refractivity contribution in [1.29, 1.82) is 0 Å². The zero-order valence-electron chi connectivity index (χ0n) is 10.2. The standard InChI is InChI=1S/C12H13FN2O4/c1-6(7-2-3-7)14-10-4-8(12(16)17)11(15(18)19)5-9(10)13/h4-7,14H,2-3H2,1H3,(H,16,17). The molecule has 0 aromatic heterocycles. The zero-order chi connectivity index (χ0) is 14.2. The van der Waals surface area contributed by atoms with Crippen LogP contribution in [-0.4, -0.2) is 22.0 Å². The number of rotatable bonds is 5. The molecule has 0 bridgehead atoms. The second-order valence-electron chi connectivity index (χ2n) is 4.68. The number of benzene rings is 1. The summed E-state index contributed by atoms with van der Waals surface area (Å²) in [5.74, 6) is -1.82. The number of nitrogens with one attached hydrogen (secondary N) is 1. The molecule has 2 N–H and O–H groups in total. The topological polar surface area (TPSA) is 92.5 Å². The van der Waals surface area contributed by atoms with Gasteiger partial charge < -0.3 is 10.4 Å². The summed E-state index contributed by atoms with van der Waals surface area (Å²) in [5, 5.41) is 22.5. The van der Waals surface area contributed by atoms with Gasteiger partial charge in [-0.15, -0.1) is 0 Å². The molecular formula is C12H13FN2O4. The van der Waals surface area contributed by atoms with Crippen molar-refractivity contribution < 1.29 is 19.2 Å². The third kappa shape index (κ3) is 2.81. The molecule has 2 rings (SSSR count). The molecule has 1 aliphatic carbocycles. The summed E-state index contributed by atoms with van der Waals surface area (Å²) in [6.45, 7) is 1.87. The average molecular weight is 268 g/mol. The molecule has 0 saturated heterocycles. The highest BCUT2D eigenvalue weighted by Gasteiger charge is 2.29. The number of carboxylic acid groups (broad SMARTS) is 1. The highest BCUT2D eigenvalue weighted by Crippen LogP contribution is 2.35. The van der Waals surface area contributed by atoms with Crippen molar-refractivity contribution in [1.82, 2.24) is 0 Å². The number of carboxylic acids is 1. The number of hydrogen-bond donors (Lipinski definition) is 2. The Morgan fingerprint density at radius 1 is 1.58 bits per heavy atom. The van der Waals surface area contributed by atoms with E-state index in [0.29, 0.717) is 12.0 Å². The average Bonchev–Trinajstić information content (AvgIpc) is 3.14.